The second-order valence-electron chi connectivity index (χ2n) is 4.24. The summed E-state index contributed by atoms with van der Waals surface area (Å²) in [4.78, 5) is 0. The van der Waals surface area contributed by atoms with Gasteiger partial charge >= 0.3 is 0 Å². The molecular formula is C11H23N. The molecule has 72 valence electrons. The van der Waals surface area contributed by atoms with Crippen LogP contribution in [0, 0.1) is 0 Å². The Balaban J connectivity index is 3.25. The van der Waals surface area contributed by atoms with Crippen molar-refractivity contribution in [3.63, 3.8) is 0 Å². The Morgan fingerprint density at radius 1 is 1.17 bits per heavy atom. The fraction of sp³-hybridized carbons (Fsp3) is 0.818. The zero-order chi connectivity index (χ0) is 9.45. The second-order valence-corrected chi connectivity index (χ2v) is 4.24. The van der Waals surface area contributed by atoms with Gasteiger partial charge in [0, 0.05) is 12.1 Å². The van der Waals surface area contributed by atoms with E-state index in [1.807, 2.05) is 0 Å². The average molecular weight is 169 g/mol. The first-order valence-corrected chi connectivity index (χ1v) is 4.96. The van der Waals surface area contributed by atoms with Crippen LogP contribution in [0.2, 0.25) is 0 Å². The molecule has 12 heavy (non-hydrogen) atoms. The molecule has 0 saturated heterocycles. The Kier molecular flexibility index (Phi) is 6.09. The minimum absolute atomic E-state index is 0.245. The van der Waals surface area contributed by atoms with E-state index in [9.17, 15) is 0 Å². The molecule has 0 aromatic rings. The van der Waals surface area contributed by atoms with Gasteiger partial charge < -0.3 is 5.32 Å². The van der Waals surface area contributed by atoms with Gasteiger partial charge in [0.25, 0.3) is 0 Å². The van der Waals surface area contributed by atoms with Crippen molar-refractivity contribution in [2.24, 2.45) is 0 Å². The lowest BCUT2D eigenvalue weighted by Crippen LogP contribution is -2.35. The predicted molar refractivity (Wildman–Crippen MR) is 56.4 cm³/mol. The van der Waals surface area contributed by atoms with Crippen LogP contribution in [-0.4, -0.2) is 12.1 Å². The molecule has 0 aliphatic heterocycles. The van der Waals surface area contributed by atoms with Crippen molar-refractivity contribution >= 4 is 0 Å². The van der Waals surface area contributed by atoms with E-state index in [1.54, 1.807) is 0 Å². The number of hydrogen-bond donors (Lipinski definition) is 1. The minimum atomic E-state index is 0.245. The van der Waals surface area contributed by atoms with Crippen molar-refractivity contribution in [2.75, 3.05) is 6.54 Å². The summed E-state index contributed by atoms with van der Waals surface area (Å²) in [6.45, 7) is 9.78. The van der Waals surface area contributed by atoms with E-state index >= 15 is 0 Å². The largest absolute Gasteiger partial charge is 0.309 e. The Labute approximate surface area is 77.2 Å². The number of unbranched alkanes of at least 4 members (excludes halogenated alkanes) is 2. The van der Waals surface area contributed by atoms with E-state index in [0.717, 1.165) is 6.54 Å². The number of rotatable bonds is 5. The first-order valence-electron chi connectivity index (χ1n) is 4.96. The topological polar surface area (TPSA) is 12.0 Å². The molecule has 0 bridgehead atoms. The van der Waals surface area contributed by atoms with Crippen LogP contribution in [0.15, 0.2) is 12.2 Å². The molecule has 1 heteroatoms. The lowest BCUT2D eigenvalue weighted by atomic mass is 10.1. The summed E-state index contributed by atoms with van der Waals surface area (Å²) < 4.78 is 0. The third-order valence-electron chi connectivity index (χ3n) is 1.64. The zero-order valence-electron chi connectivity index (χ0n) is 8.98. The average Bonchev–Trinajstić information content (AvgIpc) is 1.94. The van der Waals surface area contributed by atoms with Crippen molar-refractivity contribution in [3.05, 3.63) is 12.2 Å². The van der Waals surface area contributed by atoms with E-state index in [0.29, 0.717) is 0 Å². The fourth-order valence-electron chi connectivity index (χ4n) is 0.888. The van der Waals surface area contributed by atoms with Crippen molar-refractivity contribution in [2.45, 2.75) is 52.5 Å². The van der Waals surface area contributed by atoms with E-state index in [4.69, 9.17) is 0 Å². The third kappa shape index (κ3) is 9.70. The third-order valence-corrected chi connectivity index (χ3v) is 1.64. The van der Waals surface area contributed by atoms with Crippen LogP contribution < -0.4 is 5.32 Å². The molecule has 0 heterocycles. The number of nitrogens with one attached hydrogen (secondary N) is 1. The highest BCUT2D eigenvalue weighted by Gasteiger charge is 2.05. The van der Waals surface area contributed by atoms with Gasteiger partial charge in [0.1, 0.15) is 0 Å². The normalized spacial score (nSPS) is 12.7. The molecule has 0 radical (unpaired) electrons. The van der Waals surface area contributed by atoms with Crippen molar-refractivity contribution in [3.8, 4) is 0 Å². The van der Waals surface area contributed by atoms with Crippen molar-refractivity contribution < 1.29 is 0 Å². The van der Waals surface area contributed by atoms with E-state index in [1.165, 1.54) is 19.3 Å². The Hall–Kier alpha value is -0.300. The zero-order valence-corrected chi connectivity index (χ0v) is 8.98. The van der Waals surface area contributed by atoms with Gasteiger partial charge in [-0.2, -0.15) is 0 Å². The molecular weight excluding hydrogens is 146 g/mol. The molecule has 0 aliphatic carbocycles. The number of hydrogen-bond acceptors (Lipinski definition) is 1. The lowest BCUT2D eigenvalue weighted by molar-refractivity contribution is 0.449. The molecule has 0 fully saturated rings. The Morgan fingerprint density at radius 2 is 1.83 bits per heavy atom. The van der Waals surface area contributed by atoms with Crippen LogP contribution in [0.5, 0.6) is 0 Å². The maximum absolute atomic E-state index is 3.41. The van der Waals surface area contributed by atoms with Crippen LogP contribution in [-0.2, 0) is 0 Å². The van der Waals surface area contributed by atoms with Gasteiger partial charge in [0.05, 0.1) is 0 Å². The van der Waals surface area contributed by atoms with Gasteiger partial charge in [-0.05, 0) is 27.2 Å². The van der Waals surface area contributed by atoms with E-state index in [-0.39, 0.29) is 5.54 Å². The summed E-state index contributed by atoms with van der Waals surface area (Å²) in [5.41, 5.74) is 0.245. The Bertz CT molecular complexity index is 119. The highest BCUT2D eigenvalue weighted by atomic mass is 14.9. The predicted octanol–water partition coefficient (Wildman–Crippen LogP) is 3.12. The minimum Gasteiger partial charge on any atom is -0.309 e. The van der Waals surface area contributed by atoms with E-state index < -0.39 is 0 Å². The standard InChI is InChI=1S/C11H23N/c1-5-6-7-8-9-10-12-11(2,3)4/h8-9,12H,5-7,10H2,1-4H3. The quantitative estimate of drug-likeness (QED) is 0.492. The van der Waals surface area contributed by atoms with Crippen molar-refractivity contribution in [1.82, 2.24) is 5.32 Å². The van der Waals surface area contributed by atoms with Gasteiger partial charge in [-0.1, -0.05) is 31.9 Å². The molecule has 0 unspecified atom stereocenters. The fourth-order valence-corrected chi connectivity index (χ4v) is 0.888. The van der Waals surface area contributed by atoms with Crippen molar-refractivity contribution in [1.29, 1.82) is 0 Å². The SMILES string of the molecule is CCCCC=CCNC(C)(C)C. The molecule has 0 amide bonds. The molecule has 0 atom stereocenters. The summed E-state index contributed by atoms with van der Waals surface area (Å²) in [5, 5.41) is 3.41. The smallest absolute Gasteiger partial charge is 0.0139 e. The molecule has 0 saturated carbocycles. The monoisotopic (exact) mass is 169 g/mol. The van der Waals surface area contributed by atoms with Crippen LogP contribution in [0.3, 0.4) is 0 Å². The summed E-state index contributed by atoms with van der Waals surface area (Å²) >= 11 is 0. The summed E-state index contributed by atoms with van der Waals surface area (Å²) in [5.74, 6) is 0. The molecule has 1 nitrogen and oxygen atoms in total. The van der Waals surface area contributed by atoms with Gasteiger partial charge in [0.2, 0.25) is 0 Å². The van der Waals surface area contributed by atoms with Crippen LogP contribution in [0.25, 0.3) is 0 Å². The summed E-state index contributed by atoms with van der Waals surface area (Å²) in [6.07, 6.45) is 8.31. The first-order chi connectivity index (χ1) is 5.56. The van der Waals surface area contributed by atoms with Crippen LogP contribution in [0.4, 0.5) is 0 Å². The van der Waals surface area contributed by atoms with Gasteiger partial charge in [-0.15, -0.1) is 0 Å². The maximum Gasteiger partial charge on any atom is 0.0139 e. The molecule has 1 N–H and O–H groups in total. The highest BCUT2D eigenvalue weighted by molar-refractivity contribution is 4.86. The van der Waals surface area contributed by atoms with Gasteiger partial charge in [-0.3, -0.25) is 0 Å². The molecule has 0 spiro atoms. The Morgan fingerprint density at radius 3 is 2.33 bits per heavy atom. The first kappa shape index (κ1) is 11.7. The van der Waals surface area contributed by atoms with Crippen LogP contribution in [0.1, 0.15) is 47.0 Å². The van der Waals surface area contributed by atoms with E-state index in [2.05, 4.69) is 45.2 Å². The van der Waals surface area contributed by atoms with Crippen LogP contribution >= 0.6 is 0 Å². The lowest BCUT2D eigenvalue weighted by Gasteiger charge is -2.18. The molecule has 0 aliphatic rings. The molecule has 0 aromatic carbocycles. The highest BCUT2D eigenvalue weighted by Crippen LogP contribution is 1.98. The molecule has 0 rings (SSSR count). The summed E-state index contributed by atoms with van der Waals surface area (Å²) in [7, 11) is 0. The number of allylic oxidation sites excluding steroid dienone is 1. The van der Waals surface area contributed by atoms with Gasteiger partial charge in [-0.25, -0.2) is 0 Å². The maximum atomic E-state index is 3.41. The molecule has 0 aromatic heterocycles. The van der Waals surface area contributed by atoms with Gasteiger partial charge in [0.15, 0.2) is 0 Å². The summed E-state index contributed by atoms with van der Waals surface area (Å²) in [6, 6.07) is 0. The second kappa shape index (κ2) is 6.24.